The molecule has 2 aromatic carbocycles. The molecule has 1 aromatic heterocycles. The Labute approximate surface area is 144 Å². The van der Waals surface area contributed by atoms with Crippen molar-refractivity contribution in [2.75, 3.05) is 0 Å². The summed E-state index contributed by atoms with van der Waals surface area (Å²) in [7, 11) is 2.12. The first-order chi connectivity index (χ1) is 11.4. The largest absolute Gasteiger partial charge is 0.212 e. The molecule has 0 N–H and O–H groups in total. The Morgan fingerprint density at radius 3 is 2.33 bits per heavy atom. The van der Waals surface area contributed by atoms with E-state index in [1.54, 1.807) is 0 Å². The summed E-state index contributed by atoms with van der Waals surface area (Å²) in [6.07, 6.45) is 2.12. The van der Waals surface area contributed by atoms with Crippen molar-refractivity contribution in [2.24, 2.45) is 7.05 Å². The maximum atomic E-state index is 2.40. The van der Waals surface area contributed by atoms with Crippen molar-refractivity contribution in [1.82, 2.24) is 0 Å². The fraction of sp³-hybridized carbons (Fsp3) is 0.261. The van der Waals surface area contributed by atoms with Gasteiger partial charge in [0.2, 0.25) is 5.69 Å². The van der Waals surface area contributed by atoms with Crippen molar-refractivity contribution in [1.29, 1.82) is 0 Å². The molecule has 3 aromatic rings. The lowest BCUT2D eigenvalue weighted by Gasteiger charge is -2.22. The van der Waals surface area contributed by atoms with Crippen LogP contribution in [0.15, 0.2) is 54.7 Å². The van der Waals surface area contributed by atoms with Crippen LogP contribution < -0.4 is 4.57 Å². The number of fused-ring (bicyclic) bond motifs is 3. The first-order valence-corrected chi connectivity index (χ1v) is 8.62. The van der Waals surface area contributed by atoms with Crippen LogP contribution in [0.5, 0.6) is 0 Å². The number of benzene rings is 2. The molecule has 0 amide bonds. The highest BCUT2D eigenvalue weighted by atomic mass is 14.9. The zero-order valence-electron chi connectivity index (χ0n) is 15.1. The van der Waals surface area contributed by atoms with Crippen LogP contribution in [-0.2, 0) is 12.5 Å². The van der Waals surface area contributed by atoms with Crippen molar-refractivity contribution in [2.45, 2.75) is 33.1 Å². The second kappa shape index (κ2) is 5.04. The maximum Gasteiger partial charge on any atom is 0.212 e. The second-order valence-electron chi connectivity index (χ2n) is 7.53. The van der Waals surface area contributed by atoms with E-state index in [9.17, 15) is 0 Å². The zero-order chi connectivity index (χ0) is 17.1. The molecule has 0 radical (unpaired) electrons. The number of hydrogen-bond acceptors (Lipinski definition) is 0. The van der Waals surface area contributed by atoms with E-state index in [0.717, 1.165) is 0 Å². The third kappa shape index (κ3) is 1.97. The Morgan fingerprint density at radius 1 is 0.792 bits per heavy atom. The highest BCUT2D eigenvalue weighted by Crippen LogP contribution is 2.51. The quantitative estimate of drug-likeness (QED) is 0.550. The first-order valence-electron chi connectivity index (χ1n) is 8.62. The van der Waals surface area contributed by atoms with Gasteiger partial charge in [-0.25, -0.2) is 4.57 Å². The number of rotatable bonds is 1. The fourth-order valence-electron chi connectivity index (χ4n) is 4.20. The van der Waals surface area contributed by atoms with E-state index in [4.69, 9.17) is 0 Å². The highest BCUT2D eigenvalue weighted by molar-refractivity contribution is 5.86. The SMILES string of the molecule is Cc1cc2c(cc1-c1cccc[n+]1C)-c1c(C)cccc1C2(C)C. The fourth-order valence-corrected chi connectivity index (χ4v) is 4.20. The molecule has 1 nitrogen and oxygen atoms in total. The van der Waals surface area contributed by atoms with Crippen molar-refractivity contribution >= 4 is 0 Å². The summed E-state index contributed by atoms with van der Waals surface area (Å²) in [6.45, 7) is 9.15. The van der Waals surface area contributed by atoms with E-state index in [1.807, 2.05) is 0 Å². The van der Waals surface area contributed by atoms with Crippen LogP contribution in [0.1, 0.15) is 36.1 Å². The third-order valence-electron chi connectivity index (χ3n) is 5.58. The molecule has 0 bridgehead atoms. The molecular weight excluding hydrogens is 290 g/mol. The minimum Gasteiger partial charge on any atom is -0.201 e. The van der Waals surface area contributed by atoms with Gasteiger partial charge in [-0.1, -0.05) is 38.1 Å². The monoisotopic (exact) mass is 314 g/mol. The molecule has 24 heavy (non-hydrogen) atoms. The zero-order valence-corrected chi connectivity index (χ0v) is 15.1. The van der Waals surface area contributed by atoms with E-state index in [2.05, 4.69) is 94.0 Å². The number of nitrogens with zero attached hydrogens (tertiary/aromatic N) is 1. The van der Waals surface area contributed by atoms with E-state index < -0.39 is 0 Å². The van der Waals surface area contributed by atoms with Crippen LogP contribution in [0.3, 0.4) is 0 Å². The lowest BCUT2D eigenvalue weighted by Crippen LogP contribution is -2.30. The van der Waals surface area contributed by atoms with Gasteiger partial charge in [0.15, 0.2) is 6.20 Å². The van der Waals surface area contributed by atoms with E-state index in [1.165, 1.54) is 44.6 Å². The summed E-state index contributed by atoms with van der Waals surface area (Å²) < 4.78 is 2.20. The summed E-state index contributed by atoms with van der Waals surface area (Å²) in [5.74, 6) is 0. The van der Waals surface area contributed by atoms with E-state index >= 15 is 0 Å². The van der Waals surface area contributed by atoms with Crippen molar-refractivity contribution in [3.8, 4) is 22.4 Å². The topological polar surface area (TPSA) is 3.88 Å². The van der Waals surface area contributed by atoms with Gasteiger partial charge in [0.25, 0.3) is 0 Å². The van der Waals surface area contributed by atoms with Crippen LogP contribution in [0, 0.1) is 13.8 Å². The minimum atomic E-state index is 0.0683. The molecule has 0 aliphatic heterocycles. The van der Waals surface area contributed by atoms with Gasteiger partial charge in [0, 0.05) is 23.1 Å². The van der Waals surface area contributed by atoms with Crippen LogP contribution in [0.4, 0.5) is 0 Å². The Hall–Kier alpha value is -2.41. The summed E-state index contributed by atoms with van der Waals surface area (Å²) in [5.41, 5.74) is 11.1. The van der Waals surface area contributed by atoms with E-state index in [-0.39, 0.29) is 5.41 Å². The third-order valence-corrected chi connectivity index (χ3v) is 5.58. The van der Waals surface area contributed by atoms with Crippen molar-refractivity contribution in [3.63, 3.8) is 0 Å². The van der Waals surface area contributed by atoms with Gasteiger partial charge < -0.3 is 0 Å². The van der Waals surface area contributed by atoms with Crippen LogP contribution >= 0.6 is 0 Å². The molecule has 1 aliphatic rings. The van der Waals surface area contributed by atoms with Gasteiger partial charge in [-0.3, -0.25) is 0 Å². The van der Waals surface area contributed by atoms with Gasteiger partial charge in [0.1, 0.15) is 7.05 Å². The van der Waals surface area contributed by atoms with Gasteiger partial charge in [-0.05, 0) is 59.4 Å². The molecule has 4 rings (SSSR count). The summed E-state index contributed by atoms with van der Waals surface area (Å²) >= 11 is 0. The molecule has 1 heterocycles. The van der Waals surface area contributed by atoms with Crippen LogP contribution in [0.2, 0.25) is 0 Å². The van der Waals surface area contributed by atoms with Gasteiger partial charge in [-0.2, -0.15) is 0 Å². The lowest BCUT2D eigenvalue weighted by atomic mass is 9.81. The molecular formula is C23H24N+. The van der Waals surface area contributed by atoms with Gasteiger partial charge in [0.05, 0.1) is 0 Å². The predicted octanol–water partition coefficient (Wildman–Crippen LogP) is 5.10. The number of aryl methyl sites for hydroxylation is 3. The summed E-state index contributed by atoms with van der Waals surface area (Å²) in [6, 6.07) is 17.9. The average Bonchev–Trinajstić information content (AvgIpc) is 2.77. The van der Waals surface area contributed by atoms with Crippen molar-refractivity contribution in [3.05, 3.63) is 77.0 Å². The lowest BCUT2D eigenvalue weighted by molar-refractivity contribution is -0.660. The molecule has 0 saturated carbocycles. The molecule has 1 aliphatic carbocycles. The first kappa shape index (κ1) is 15.1. The Morgan fingerprint density at radius 2 is 1.58 bits per heavy atom. The maximum absolute atomic E-state index is 2.40. The molecule has 0 spiro atoms. The average molecular weight is 314 g/mol. The minimum absolute atomic E-state index is 0.0683. The van der Waals surface area contributed by atoms with Crippen molar-refractivity contribution < 1.29 is 4.57 Å². The second-order valence-corrected chi connectivity index (χ2v) is 7.53. The summed E-state index contributed by atoms with van der Waals surface area (Å²) in [4.78, 5) is 0. The van der Waals surface area contributed by atoms with Gasteiger partial charge >= 0.3 is 0 Å². The molecule has 0 saturated heterocycles. The normalized spacial score (nSPS) is 14.4. The Bertz CT molecular complexity index is 964. The molecule has 0 unspecified atom stereocenters. The van der Waals surface area contributed by atoms with Crippen LogP contribution in [-0.4, -0.2) is 0 Å². The molecule has 1 heteroatoms. The number of aromatic nitrogens is 1. The molecule has 0 fully saturated rings. The summed E-state index contributed by atoms with van der Waals surface area (Å²) in [5, 5.41) is 0. The van der Waals surface area contributed by atoms with Gasteiger partial charge in [-0.15, -0.1) is 0 Å². The Balaban J connectivity index is 2.05. The molecule has 120 valence electrons. The number of hydrogen-bond donors (Lipinski definition) is 0. The number of pyridine rings is 1. The van der Waals surface area contributed by atoms with E-state index in [0.29, 0.717) is 0 Å². The molecule has 0 atom stereocenters. The predicted molar refractivity (Wildman–Crippen MR) is 100 cm³/mol. The standard InChI is InChI=1S/C23H24N/c1-15-9-8-10-19-22(15)18-14-17(21-11-6-7-12-24(21)5)16(2)13-20(18)23(19,3)4/h6-14H,1-5H3/q+1. The highest BCUT2D eigenvalue weighted by Gasteiger charge is 2.37. The smallest absolute Gasteiger partial charge is 0.201 e. The Kier molecular flexibility index (Phi) is 3.18. The van der Waals surface area contributed by atoms with Crippen LogP contribution in [0.25, 0.3) is 22.4 Å².